The first-order chi connectivity index (χ1) is 15.8. The Labute approximate surface area is 205 Å². The van der Waals surface area contributed by atoms with Crippen molar-refractivity contribution < 1.29 is 27.5 Å². The Morgan fingerprint density at radius 1 is 1.29 bits per heavy atom. The highest BCUT2D eigenvalue weighted by Gasteiger charge is 2.37. The Hall–Kier alpha value is -2.59. The average Bonchev–Trinajstić information content (AvgIpc) is 3.12. The van der Waals surface area contributed by atoms with E-state index in [0.29, 0.717) is 30.0 Å². The molecule has 0 radical (unpaired) electrons. The molecule has 0 saturated carbocycles. The molecule has 0 N–H and O–H groups in total. The number of nitrogens with zero attached hydrogens (tertiary/aromatic N) is 3. The van der Waals surface area contributed by atoms with Crippen molar-refractivity contribution in [1.29, 1.82) is 0 Å². The minimum absolute atomic E-state index is 0.00780. The summed E-state index contributed by atoms with van der Waals surface area (Å²) in [5.41, 5.74) is 0.235. The molecule has 1 aliphatic heterocycles. The summed E-state index contributed by atoms with van der Waals surface area (Å²) in [6.45, 7) is 9.09. The normalized spacial score (nSPS) is 16.1. The zero-order valence-corrected chi connectivity index (χ0v) is 21.6. The minimum Gasteiger partial charge on any atom is -0.486 e. The van der Waals surface area contributed by atoms with Crippen LogP contribution in [0.25, 0.3) is 0 Å². The first-order valence-corrected chi connectivity index (χ1v) is 12.9. The van der Waals surface area contributed by atoms with Gasteiger partial charge >= 0.3 is 5.97 Å². The van der Waals surface area contributed by atoms with Crippen molar-refractivity contribution in [2.75, 3.05) is 10.8 Å². The number of carbonyl (C=O) groups is 2. The molecule has 0 bridgehead atoms. The number of benzene rings is 1. The summed E-state index contributed by atoms with van der Waals surface area (Å²) in [6.07, 6.45) is 1.47. The Morgan fingerprint density at radius 3 is 2.59 bits per heavy atom. The van der Waals surface area contributed by atoms with E-state index in [1.165, 1.54) is 22.1 Å². The predicted octanol–water partition coefficient (Wildman–Crippen LogP) is 3.77. The van der Waals surface area contributed by atoms with Crippen LogP contribution in [0.15, 0.2) is 29.3 Å². The van der Waals surface area contributed by atoms with E-state index in [-0.39, 0.29) is 35.2 Å². The average molecular weight is 512 g/mol. The van der Waals surface area contributed by atoms with Crippen molar-refractivity contribution in [3.8, 4) is 5.75 Å². The third-order valence-electron chi connectivity index (χ3n) is 5.12. The van der Waals surface area contributed by atoms with Gasteiger partial charge < -0.3 is 14.3 Å². The lowest BCUT2D eigenvalue weighted by atomic mass is 10.1. The van der Waals surface area contributed by atoms with Crippen molar-refractivity contribution in [1.82, 2.24) is 9.78 Å². The quantitative estimate of drug-likeness (QED) is 0.496. The van der Waals surface area contributed by atoms with Gasteiger partial charge in [0.1, 0.15) is 28.1 Å². The standard InChI is InChI=1S/C23H30ClN3O6S/c1-6-26-14-20(22(24)25-26)34(30,31)27-13-17(9-7-15(2)28)32-19-10-8-16(11-18(19)27)12-21(29)33-23(3,4)5/h8,10-11,14,17H,6-7,9,12-13H2,1-5H3/t17-/m0/s1. The van der Waals surface area contributed by atoms with E-state index in [4.69, 9.17) is 21.1 Å². The largest absolute Gasteiger partial charge is 0.486 e. The molecule has 11 heteroatoms. The monoisotopic (exact) mass is 511 g/mol. The molecule has 0 spiro atoms. The fourth-order valence-electron chi connectivity index (χ4n) is 3.59. The van der Waals surface area contributed by atoms with Gasteiger partial charge in [0.05, 0.1) is 18.7 Å². The summed E-state index contributed by atoms with van der Waals surface area (Å²) in [5, 5.41) is 3.93. The molecular formula is C23H30ClN3O6S. The number of hydrogen-bond acceptors (Lipinski definition) is 7. The van der Waals surface area contributed by atoms with E-state index >= 15 is 0 Å². The van der Waals surface area contributed by atoms with Gasteiger partial charge in [-0.1, -0.05) is 17.7 Å². The van der Waals surface area contributed by atoms with Gasteiger partial charge in [-0.05, 0) is 58.7 Å². The summed E-state index contributed by atoms with van der Waals surface area (Å²) >= 11 is 6.18. The highest BCUT2D eigenvalue weighted by atomic mass is 35.5. The summed E-state index contributed by atoms with van der Waals surface area (Å²) in [7, 11) is -4.10. The van der Waals surface area contributed by atoms with Crippen LogP contribution in [0.2, 0.25) is 5.15 Å². The molecular weight excluding hydrogens is 482 g/mol. The maximum absolute atomic E-state index is 13.7. The summed E-state index contributed by atoms with van der Waals surface area (Å²) < 4.78 is 41.4. The van der Waals surface area contributed by atoms with Crippen LogP contribution < -0.4 is 9.04 Å². The van der Waals surface area contributed by atoms with Crippen LogP contribution in [0, 0.1) is 0 Å². The molecule has 1 atom stereocenters. The van der Waals surface area contributed by atoms with Crippen molar-refractivity contribution in [3.63, 3.8) is 0 Å². The number of sulfonamides is 1. The molecule has 2 aromatic rings. The van der Waals surface area contributed by atoms with Crippen LogP contribution in [0.1, 0.15) is 53.0 Å². The van der Waals surface area contributed by atoms with Crippen molar-refractivity contribution in [3.05, 3.63) is 35.1 Å². The first kappa shape index (κ1) is 26.0. The predicted molar refractivity (Wildman–Crippen MR) is 128 cm³/mol. The van der Waals surface area contributed by atoms with Gasteiger partial charge in [0.2, 0.25) is 0 Å². The lowest BCUT2D eigenvalue weighted by Crippen LogP contribution is -2.43. The van der Waals surface area contributed by atoms with Gasteiger partial charge in [0, 0.05) is 19.2 Å². The summed E-state index contributed by atoms with van der Waals surface area (Å²) in [5.74, 6) is -0.0933. The molecule has 34 heavy (non-hydrogen) atoms. The highest BCUT2D eigenvalue weighted by Crippen LogP contribution is 2.39. The number of aryl methyl sites for hydroxylation is 1. The van der Waals surface area contributed by atoms with Crippen molar-refractivity contribution in [2.24, 2.45) is 0 Å². The number of fused-ring (bicyclic) bond motifs is 1. The number of ether oxygens (including phenoxy) is 2. The Bertz CT molecular complexity index is 1190. The van der Waals surface area contributed by atoms with Crippen LogP contribution >= 0.6 is 11.6 Å². The number of halogens is 1. The van der Waals surface area contributed by atoms with E-state index in [1.54, 1.807) is 39.0 Å². The molecule has 186 valence electrons. The maximum Gasteiger partial charge on any atom is 0.310 e. The molecule has 0 fully saturated rings. The fraction of sp³-hybridized carbons (Fsp3) is 0.522. The molecule has 2 heterocycles. The molecule has 1 aliphatic rings. The van der Waals surface area contributed by atoms with E-state index in [1.807, 2.05) is 6.92 Å². The first-order valence-electron chi connectivity index (χ1n) is 11.1. The Balaban J connectivity index is 2.00. The second-order valence-corrected chi connectivity index (χ2v) is 11.4. The minimum atomic E-state index is -4.10. The number of carbonyl (C=O) groups excluding carboxylic acids is 2. The number of aromatic nitrogens is 2. The third kappa shape index (κ3) is 6.09. The lowest BCUT2D eigenvalue weighted by Gasteiger charge is -2.35. The van der Waals surface area contributed by atoms with Gasteiger partial charge in [-0.25, -0.2) is 8.42 Å². The van der Waals surface area contributed by atoms with E-state index < -0.39 is 27.7 Å². The van der Waals surface area contributed by atoms with Crippen LogP contribution in [-0.2, 0) is 37.3 Å². The molecule has 0 amide bonds. The molecule has 0 unspecified atom stereocenters. The van der Waals surface area contributed by atoms with Crippen LogP contribution in [-0.4, -0.2) is 48.2 Å². The number of ketones is 1. The number of anilines is 1. The number of Topliss-reactive ketones (excluding diaryl/α,β-unsaturated/α-hetero) is 1. The number of hydrogen-bond donors (Lipinski definition) is 0. The van der Waals surface area contributed by atoms with Gasteiger partial charge in [0.25, 0.3) is 10.0 Å². The van der Waals surface area contributed by atoms with E-state index in [9.17, 15) is 18.0 Å². The van der Waals surface area contributed by atoms with Crippen LogP contribution in [0.4, 0.5) is 5.69 Å². The zero-order valence-electron chi connectivity index (χ0n) is 20.0. The fourth-order valence-corrected chi connectivity index (χ4v) is 5.54. The molecule has 9 nitrogen and oxygen atoms in total. The van der Waals surface area contributed by atoms with E-state index in [0.717, 1.165) is 0 Å². The number of rotatable bonds is 8. The van der Waals surface area contributed by atoms with Crippen molar-refractivity contribution >= 4 is 39.1 Å². The molecule has 1 aromatic heterocycles. The zero-order chi connectivity index (χ0) is 25.3. The van der Waals surface area contributed by atoms with Crippen LogP contribution in [0.3, 0.4) is 0 Å². The maximum atomic E-state index is 13.7. The third-order valence-corrected chi connectivity index (χ3v) is 7.29. The van der Waals surface area contributed by atoms with E-state index in [2.05, 4.69) is 5.10 Å². The Kier molecular flexibility index (Phi) is 7.62. The van der Waals surface area contributed by atoms with Crippen molar-refractivity contribution in [2.45, 2.75) is 77.0 Å². The van der Waals surface area contributed by atoms with Gasteiger partial charge in [0.15, 0.2) is 5.15 Å². The highest BCUT2D eigenvalue weighted by molar-refractivity contribution is 7.93. The lowest BCUT2D eigenvalue weighted by molar-refractivity contribution is -0.153. The van der Waals surface area contributed by atoms with Gasteiger partial charge in [-0.2, -0.15) is 5.10 Å². The van der Waals surface area contributed by atoms with Gasteiger partial charge in [-0.3, -0.25) is 13.8 Å². The molecule has 0 saturated heterocycles. The smallest absolute Gasteiger partial charge is 0.310 e. The number of esters is 1. The summed E-state index contributed by atoms with van der Waals surface area (Å²) in [4.78, 5) is 23.7. The SMILES string of the molecule is CCn1cc(S(=O)(=O)N2C[C@H](CCC(C)=O)Oc3ccc(CC(=O)OC(C)(C)C)cc32)c(Cl)n1. The second-order valence-electron chi connectivity index (χ2n) is 9.22. The molecule has 1 aromatic carbocycles. The van der Waals surface area contributed by atoms with Gasteiger partial charge in [-0.15, -0.1) is 0 Å². The summed E-state index contributed by atoms with van der Waals surface area (Å²) in [6, 6.07) is 4.94. The Morgan fingerprint density at radius 2 is 2.00 bits per heavy atom. The topological polar surface area (TPSA) is 108 Å². The molecule has 0 aliphatic carbocycles. The van der Waals surface area contributed by atoms with Crippen LogP contribution in [0.5, 0.6) is 5.75 Å². The second kappa shape index (κ2) is 9.95. The molecule has 3 rings (SSSR count).